The largest absolute Gasteiger partial charge is 0.373 e. The van der Waals surface area contributed by atoms with Gasteiger partial charge in [-0.25, -0.2) is 0 Å². The Hall–Kier alpha value is -2.14. The lowest BCUT2D eigenvalue weighted by atomic mass is 9.86. The third-order valence-electron chi connectivity index (χ3n) is 6.28. The Morgan fingerprint density at radius 1 is 1.08 bits per heavy atom. The number of aromatic amines is 1. The number of benzene rings is 1. The molecule has 5 nitrogen and oxygen atoms in total. The molecule has 2 fully saturated rings. The molecule has 5 rings (SSSR count). The molecule has 5 heteroatoms. The van der Waals surface area contributed by atoms with Gasteiger partial charge in [0.25, 0.3) is 5.56 Å². The number of H-pyrrole nitrogens is 1. The Bertz CT molecular complexity index is 907. The number of hydrogen-bond acceptors (Lipinski definition) is 3. The monoisotopic (exact) mass is 352 g/mol. The third kappa shape index (κ3) is 2.75. The highest BCUT2D eigenvalue weighted by atomic mass is 16.5. The van der Waals surface area contributed by atoms with Crippen LogP contribution in [-0.2, 0) is 22.6 Å². The number of likely N-dealkylation sites (tertiary alicyclic amines) is 1. The maximum atomic E-state index is 12.4. The lowest BCUT2D eigenvalue weighted by Crippen LogP contribution is -2.43. The maximum absolute atomic E-state index is 12.4. The van der Waals surface area contributed by atoms with Crippen LogP contribution in [0.3, 0.4) is 0 Å². The minimum Gasteiger partial charge on any atom is -0.373 e. The Balaban J connectivity index is 1.32. The fourth-order valence-corrected chi connectivity index (χ4v) is 4.56. The van der Waals surface area contributed by atoms with Gasteiger partial charge in [0.15, 0.2) is 0 Å². The predicted octanol–water partition coefficient (Wildman–Crippen LogP) is 2.62. The summed E-state index contributed by atoms with van der Waals surface area (Å²) >= 11 is 0. The van der Waals surface area contributed by atoms with Crippen molar-refractivity contribution in [1.82, 2.24) is 9.88 Å². The van der Waals surface area contributed by atoms with Crippen molar-refractivity contribution in [2.75, 3.05) is 13.1 Å². The predicted molar refractivity (Wildman–Crippen MR) is 98.9 cm³/mol. The first-order chi connectivity index (χ1) is 12.7. The molecule has 1 saturated heterocycles. The fraction of sp³-hybridized carbons (Fsp3) is 0.524. The van der Waals surface area contributed by atoms with Gasteiger partial charge in [0.1, 0.15) is 0 Å². The molecular weight excluding hydrogens is 328 g/mol. The second kappa shape index (κ2) is 6.23. The molecule has 26 heavy (non-hydrogen) atoms. The van der Waals surface area contributed by atoms with Crippen molar-refractivity contribution in [3.05, 3.63) is 45.9 Å². The summed E-state index contributed by atoms with van der Waals surface area (Å²) in [6.45, 7) is 2.25. The number of pyridine rings is 1. The van der Waals surface area contributed by atoms with Crippen LogP contribution in [0.25, 0.3) is 10.8 Å². The van der Waals surface area contributed by atoms with E-state index in [0.717, 1.165) is 67.2 Å². The average Bonchev–Trinajstić information content (AvgIpc) is 3.53. The summed E-state index contributed by atoms with van der Waals surface area (Å²) in [5.41, 5.74) is 2.14. The Morgan fingerprint density at radius 3 is 2.54 bits per heavy atom. The third-order valence-corrected chi connectivity index (χ3v) is 6.28. The average molecular weight is 352 g/mol. The van der Waals surface area contributed by atoms with E-state index in [1.165, 1.54) is 0 Å². The number of nitrogens with one attached hydrogen (secondary N) is 1. The molecule has 1 aromatic heterocycles. The zero-order chi connectivity index (χ0) is 17.7. The van der Waals surface area contributed by atoms with Crippen molar-refractivity contribution in [2.45, 2.75) is 44.8 Å². The number of carbonyl (C=O) groups excluding carboxylic acids is 1. The highest BCUT2D eigenvalue weighted by Crippen LogP contribution is 2.35. The molecule has 2 aliphatic heterocycles. The summed E-state index contributed by atoms with van der Waals surface area (Å²) in [5, 5.41) is 1.75. The topological polar surface area (TPSA) is 62.4 Å². The minimum absolute atomic E-state index is 0.00940. The van der Waals surface area contributed by atoms with Crippen LogP contribution in [0.5, 0.6) is 0 Å². The van der Waals surface area contributed by atoms with Gasteiger partial charge in [-0.3, -0.25) is 9.59 Å². The van der Waals surface area contributed by atoms with Gasteiger partial charge in [-0.2, -0.15) is 0 Å². The second-order valence-electron chi connectivity index (χ2n) is 7.95. The smallest absolute Gasteiger partial charge is 0.256 e. The van der Waals surface area contributed by atoms with E-state index in [1.54, 1.807) is 0 Å². The maximum Gasteiger partial charge on any atom is 0.256 e. The normalized spacial score (nSPS) is 23.8. The molecule has 2 aromatic rings. The summed E-state index contributed by atoms with van der Waals surface area (Å²) < 4.78 is 6.22. The SMILES string of the molecule is O=C(C1CC1)N1CCC(C2Cc3[nH]c(=O)c4ccccc4c3CO2)CC1. The van der Waals surface area contributed by atoms with E-state index >= 15 is 0 Å². The van der Waals surface area contributed by atoms with Crippen molar-refractivity contribution in [1.29, 1.82) is 0 Å². The second-order valence-corrected chi connectivity index (χ2v) is 7.95. The lowest BCUT2D eigenvalue weighted by molar-refractivity contribution is -0.135. The lowest BCUT2D eigenvalue weighted by Gasteiger charge is -2.38. The number of ether oxygens (including phenoxy) is 1. The molecule has 1 aromatic carbocycles. The standard InChI is InChI=1S/C21H24N2O3/c24-20-16-4-2-1-3-15(16)17-12-26-19(11-18(17)22-20)13-7-9-23(10-8-13)21(25)14-5-6-14/h1-4,13-14,19H,5-12H2,(H,22,24). The van der Waals surface area contributed by atoms with E-state index in [4.69, 9.17) is 4.74 Å². The Morgan fingerprint density at radius 2 is 1.81 bits per heavy atom. The van der Waals surface area contributed by atoms with Gasteiger partial charge < -0.3 is 14.6 Å². The summed E-state index contributed by atoms with van der Waals surface area (Å²) in [6.07, 6.45) is 5.03. The fourth-order valence-electron chi connectivity index (χ4n) is 4.56. The van der Waals surface area contributed by atoms with Gasteiger partial charge >= 0.3 is 0 Å². The van der Waals surface area contributed by atoms with Crippen molar-refractivity contribution < 1.29 is 9.53 Å². The van der Waals surface area contributed by atoms with Gasteiger partial charge in [0, 0.05) is 42.1 Å². The number of fused-ring (bicyclic) bond motifs is 3. The zero-order valence-corrected chi connectivity index (χ0v) is 14.9. The summed E-state index contributed by atoms with van der Waals surface area (Å²) in [7, 11) is 0. The first kappa shape index (κ1) is 16.1. The number of amides is 1. The van der Waals surface area contributed by atoms with Crippen molar-refractivity contribution >= 4 is 16.7 Å². The van der Waals surface area contributed by atoms with Crippen LogP contribution >= 0.6 is 0 Å². The molecule has 1 unspecified atom stereocenters. The van der Waals surface area contributed by atoms with Crippen LogP contribution < -0.4 is 5.56 Å². The molecule has 136 valence electrons. The molecule has 1 N–H and O–H groups in total. The molecular formula is C21H24N2O3. The number of carbonyl (C=O) groups is 1. The first-order valence-electron chi connectivity index (χ1n) is 9.74. The van der Waals surface area contributed by atoms with E-state index in [2.05, 4.69) is 4.98 Å². The molecule has 0 spiro atoms. The molecule has 1 saturated carbocycles. The quantitative estimate of drug-likeness (QED) is 0.904. The highest BCUT2D eigenvalue weighted by molar-refractivity contribution is 5.85. The molecule has 1 aliphatic carbocycles. The van der Waals surface area contributed by atoms with Gasteiger partial charge in [-0.05, 0) is 43.1 Å². The number of rotatable bonds is 2. The van der Waals surface area contributed by atoms with E-state index in [1.807, 2.05) is 29.2 Å². The van der Waals surface area contributed by atoms with Gasteiger partial charge in [-0.1, -0.05) is 18.2 Å². The minimum atomic E-state index is -0.00940. The van der Waals surface area contributed by atoms with E-state index in [9.17, 15) is 9.59 Å². The molecule has 3 heterocycles. The van der Waals surface area contributed by atoms with Gasteiger partial charge in [-0.15, -0.1) is 0 Å². The van der Waals surface area contributed by atoms with Crippen molar-refractivity contribution in [3.63, 3.8) is 0 Å². The van der Waals surface area contributed by atoms with Crippen LogP contribution in [0.15, 0.2) is 29.1 Å². The van der Waals surface area contributed by atoms with Crippen molar-refractivity contribution in [3.8, 4) is 0 Å². The van der Waals surface area contributed by atoms with Crippen LogP contribution in [0.4, 0.5) is 0 Å². The summed E-state index contributed by atoms with van der Waals surface area (Å²) in [5.74, 6) is 1.12. The van der Waals surface area contributed by atoms with Crippen LogP contribution in [0.1, 0.15) is 36.9 Å². The van der Waals surface area contributed by atoms with Gasteiger partial charge in [0.05, 0.1) is 12.7 Å². The summed E-state index contributed by atoms with van der Waals surface area (Å²) in [6, 6.07) is 7.75. The highest BCUT2D eigenvalue weighted by Gasteiger charge is 2.37. The summed E-state index contributed by atoms with van der Waals surface area (Å²) in [4.78, 5) is 29.7. The van der Waals surface area contributed by atoms with Gasteiger partial charge in [0.2, 0.25) is 5.91 Å². The molecule has 1 atom stereocenters. The number of piperidine rings is 1. The molecule has 0 radical (unpaired) electrons. The van der Waals surface area contributed by atoms with E-state index in [0.29, 0.717) is 24.3 Å². The van der Waals surface area contributed by atoms with E-state index in [-0.39, 0.29) is 11.7 Å². The molecule has 3 aliphatic rings. The zero-order valence-electron chi connectivity index (χ0n) is 14.9. The van der Waals surface area contributed by atoms with Crippen LogP contribution in [0, 0.1) is 11.8 Å². The molecule has 1 amide bonds. The van der Waals surface area contributed by atoms with Crippen molar-refractivity contribution in [2.24, 2.45) is 11.8 Å². The van der Waals surface area contributed by atoms with Crippen LogP contribution in [-0.4, -0.2) is 35.0 Å². The number of nitrogens with zero attached hydrogens (tertiary/aromatic N) is 1. The van der Waals surface area contributed by atoms with Crippen LogP contribution in [0.2, 0.25) is 0 Å². The van der Waals surface area contributed by atoms with E-state index < -0.39 is 0 Å². The first-order valence-corrected chi connectivity index (χ1v) is 9.74. The Kier molecular flexibility index (Phi) is 3.85. The molecule has 0 bridgehead atoms. The number of aromatic nitrogens is 1. The Labute approximate surface area is 152 Å². The number of hydrogen-bond donors (Lipinski definition) is 1.